The number of benzene rings is 1. The minimum Gasteiger partial charge on any atom is -0.489 e. The summed E-state index contributed by atoms with van der Waals surface area (Å²) in [5.74, 6) is 1.44. The molecular weight excluding hydrogens is 372 g/mol. The molecular formula is C23H31ClN2O2. The number of hydrazone groups is 1. The van der Waals surface area contributed by atoms with Gasteiger partial charge in [0.1, 0.15) is 5.75 Å². The van der Waals surface area contributed by atoms with Gasteiger partial charge < -0.3 is 4.74 Å². The van der Waals surface area contributed by atoms with E-state index in [9.17, 15) is 4.79 Å². The van der Waals surface area contributed by atoms with Crippen LogP contribution in [0.4, 0.5) is 0 Å². The highest BCUT2D eigenvalue weighted by Crippen LogP contribution is 2.69. The van der Waals surface area contributed by atoms with Crippen molar-refractivity contribution in [3.05, 3.63) is 28.8 Å². The first-order chi connectivity index (χ1) is 13.1. The van der Waals surface area contributed by atoms with Crippen LogP contribution < -0.4 is 10.2 Å². The molecule has 28 heavy (non-hydrogen) atoms. The molecule has 4 bridgehead atoms. The van der Waals surface area contributed by atoms with E-state index in [-0.39, 0.29) is 17.4 Å². The third kappa shape index (κ3) is 3.68. The summed E-state index contributed by atoms with van der Waals surface area (Å²) in [6, 6.07) is 5.54. The summed E-state index contributed by atoms with van der Waals surface area (Å²) in [4.78, 5) is 13.1. The molecule has 1 aromatic rings. The van der Waals surface area contributed by atoms with E-state index >= 15 is 0 Å². The van der Waals surface area contributed by atoms with Crippen LogP contribution in [0, 0.1) is 22.2 Å². The molecule has 0 spiro atoms. The zero-order valence-electron chi connectivity index (χ0n) is 17.3. The van der Waals surface area contributed by atoms with Crippen molar-refractivity contribution in [3.63, 3.8) is 0 Å². The Hall–Kier alpha value is -1.55. The van der Waals surface area contributed by atoms with E-state index in [1.54, 1.807) is 6.21 Å². The fourth-order valence-corrected chi connectivity index (χ4v) is 7.17. The Morgan fingerprint density at radius 2 is 1.89 bits per heavy atom. The lowest BCUT2D eigenvalue weighted by Gasteiger charge is -2.64. The highest BCUT2D eigenvalue weighted by Gasteiger charge is 2.62. The number of carbonyl (C=O) groups excluding carboxylic acids is 1. The first-order valence-electron chi connectivity index (χ1n) is 10.4. The Kier molecular flexibility index (Phi) is 4.77. The van der Waals surface area contributed by atoms with Crippen LogP contribution in [0.25, 0.3) is 0 Å². The van der Waals surface area contributed by atoms with Crippen LogP contribution >= 0.6 is 11.6 Å². The van der Waals surface area contributed by atoms with Gasteiger partial charge in [-0.3, -0.25) is 4.79 Å². The topological polar surface area (TPSA) is 50.7 Å². The summed E-state index contributed by atoms with van der Waals surface area (Å²) in [7, 11) is 0. The summed E-state index contributed by atoms with van der Waals surface area (Å²) < 4.78 is 5.65. The van der Waals surface area contributed by atoms with Crippen molar-refractivity contribution >= 4 is 23.7 Å². The standard InChI is InChI=1S/C23H31ClN2O2/c1-15(2)28-19-6-5-16(7-18(19)24)11-25-26-20(27)23-10-17-8-21(3,13-23)12-22(4,9-17)14-23/h5-7,11,15,17H,8-10,12-14H2,1-4H3,(H,26,27)/b25-11+. The molecule has 0 heterocycles. The molecule has 0 aromatic heterocycles. The lowest BCUT2D eigenvalue weighted by Crippen LogP contribution is -2.59. The van der Waals surface area contributed by atoms with E-state index in [1.165, 1.54) is 19.3 Å². The monoisotopic (exact) mass is 402 g/mol. The summed E-state index contributed by atoms with van der Waals surface area (Å²) >= 11 is 6.28. The average molecular weight is 403 g/mol. The zero-order chi connectivity index (χ0) is 20.2. The first-order valence-corrected chi connectivity index (χ1v) is 10.8. The zero-order valence-corrected chi connectivity index (χ0v) is 18.1. The van der Waals surface area contributed by atoms with Crippen molar-refractivity contribution < 1.29 is 9.53 Å². The lowest BCUT2D eigenvalue weighted by atomic mass is 9.40. The maximum absolute atomic E-state index is 13.1. The highest BCUT2D eigenvalue weighted by atomic mass is 35.5. The number of carbonyl (C=O) groups is 1. The molecule has 1 aromatic carbocycles. The van der Waals surface area contributed by atoms with Crippen LogP contribution in [0.15, 0.2) is 23.3 Å². The van der Waals surface area contributed by atoms with Crippen molar-refractivity contribution in [1.29, 1.82) is 0 Å². The predicted octanol–water partition coefficient (Wildman–Crippen LogP) is 5.57. The van der Waals surface area contributed by atoms with E-state index in [0.717, 1.165) is 24.8 Å². The minimum absolute atomic E-state index is 0.0697. The van der Waals surface area contributed by atoms with Gasteiger partial charge in [0.2, 0.25) is 5.91 Å². The highest BCUT2D eigenvalue weighted by molar-refractivity contribution is 6.32. The van der Waals surface area contributed by atoms with E-state index < -0.39 is 0 Å². The molecule has 5 heteroatoms. The van der Waals surface area contributed by atoms with E-state index in [0.29, 0.717) is 27.5 Å². The predicted molar refractivity (Wildman–Crippen MR) is 113 cm³/mol. The largest absolute Gasteiger partial charge is 0.489 e. The first kappa shape index (κ1) is 19.8. The summed E-state index contributed by atoms with van der Waals surface area (Å²) in [5, 5.41) is 4.80. The SMILES string of the molecule is CC(C)Oc1ccc(/C=N/NC(=O)C23CC4CC(C)(CC(C)(C4)C2)C3)cc1Cl. The van der Waals surface area contributed by atoms with Gasteiger partial charge in [0, 0.05) is 0 Å². The third-order valence-electron chi connectivity index (χ3n) is 6.81. The fraction of sp³-hybridized carbons (Fsp3) is 0.652. The fourth-order valence-electron chi connectivity index (χ4n) is 6.93. The Morgan fingerprint density at radius 3 is 2.46 bits per heavy atom. The lowest BCUT2D eigenvalue weighted by molar-refractivity contribution is -0.170. The Labute approximate surface area is 173 Å². The average Bonchev–Trinajstić information content (AvgIpc) is 2.53. The molecule has 4 saturated carbocycles. The molecule has 0 aliphatic heterocycles. The molecule has 4 nitrogen and oxygen atoms in total. The van der Waals surface area contributed by atoms with E-state index in [1.807, 2.05) is 32.0 Å². The van der Waals surface area contributed by atoms with Gasteiger partial charge in [0.05, 0.1) is 22.8 Å². The molecule has 4 fully saturated rings. The maximum atomic E-state index is 13.1. The molecule has 4 aliphatic carbocycles. The van der Waals surface area contributed by atoms with Gasteiger partial charge in [-0.05, 0) is 92.9 Å². The van der Waals surface area contributed by atoms with Crippen molar-refractivity contribution in [2.24, 2.45) is 27.3 Å². The maximum Gasteiger partial charge on any atom is 0.246 e. The Bertz CT molecular complexity index is 801. The number of nitrogens with zero attached hydrogens (tertiary/aromatic N) is 1. The van der Waals surface area contributed by atoms with Crippen LogP contribution in [0.1, 0.15) is 71.8 Å². The quantitative estimate of drug-likeness (QED) is 0.516. The van der Waals surface area contributed by atoms with Crippen molar-refractivity contribution in [2.45, 2.75) is 72.3 Å². The molecule has 2 atom stereocenters. The van der Waals surface area contributed by atoms with Crippen LogP contribution in [-0.2, 0) is 4.79 Å². The molecule has 0 radical (unpaired) electrons. The molecule has 2 unspecified atom stereocenters. The number of hydrogen-bond donors (Lipinski definition) is 1. The normalized spacial score (nSPS) is 36.3. The van der Waals surface area contributed by atoms with Gasteiger partial charge in [0.15, 0.2) is 0 Å². The van der Waals surface area contributed by atoms with Gasteiger partial charge in [-0.15, -0.1) is 0 Å². The van der Waals surface area contributed by atoms with E-state index in [2.05, 4.69) is 24.4 Å². The molecule has 1 N–H and O–H groups in total. The molecule has 152 valence electrons. The van der Waals surface area contributed by atoms with Crippen LogP contribution in [0.2, 0.25) is 5.02 Å². The third-order valence-corrected chi connectivity index (χ3v) is 7.10. The van der Waals surface area contributed by atoms with Crippen molar-refractivity contribution in [2.75, 3.05) is 0 Å². The van der Waals surface area contributed by atoms with Gasteiger partial charge in [-0.2, -0.15) is 5.10 Å². The number of amides is 1. The Balaban J connectivity index is 1.44. The second-order valence-corrected chi connectivity index (χ2v) is 10.9. The van der Waals surface area contributed by atoms with E-state index in [4.69, 9.17) is 16.3 Å². The number of nitrogens with one attached hydrogen (secondary N) is 1. The van der Waals surface area contributed by atoms with Crippen LogP contribution in [-0.4, -0.2) is 18.2 Å². The molecule has 4 aliphatic rings. The smallest absolute Gasteiger partial charge is 0.246 e. The number of halogens is 1. The minimum atomic E-state index is -0.243. The number of ether oxygens (including phenoxy) is 1. The number of rotatable bonds is 5. The molecule has 1 amide bonds. The summed E-state index contributed by atoms with van der Waals surface area (Å²) in [6.45, 7) is 8.69. The van der Waals surface area contributed by atoms with Crippen molar-refractivity contribution in [1.82, 2.24) is 5.43 Å². The van der Waals surface area contributed by atoms with Gasteiger partial charge >= 0.3 is 0 Å². The molecule has 0 saturated heterocycles. The summed E-state index contributed by atoms with van der Waals surface area (Å²) in [6.07, 6.45) is 8.58. The number of hydrogen-bond acceptors (Lipinski definition) is 3. The van der Waals surface area contributed by atoms with Gasteiger partial charge in [-0.25, -0.2) is 5.43 Å². The Morgan fingerprint density at radius 1 is 1.21 bits per heavy atom. The summed E-state index contributed by atoms with van der Waals surface area (Å²) in [5.41, 5.74) is 4.07. The van der Waals surface area contributed by atoms with Crippen molar-refractivity contribution in [3.8, 4) is 5.75 Å². The second kappa shape index (κ2) is 6.76. The van der Waals surface area contributed by atoms with Crippen LogP contribution in [0.5, 0.6) is 5.75 Å². The van der Waals surface area contributed by atoms with Gasteiger partial charge in [0.25, 0.3) is 0 Å². The van der Waals surface area contributed by atoms with Crippen LogP contribution in [0.3, 0.4) is 0 Å². The van der Waals surface area contributed by atoms with Gasteiger partial charge in [-0.1, -0.05) is 25.4 Å². The second-order valence-electron chi connectivity index (χ2n) is 10.5. The molecule has 5 rings (SSSR count).